The third-order valence-corrected chi connectivity index (χ3v) is 14.2. The van der Waals surface area contributed by atoms with Crippen LogP contribution in [0.2, 0.25) is 10.0 Å². The van der Waals surface area contributed by atoms with E-state index in [9.17, 15) is 29.1 Å². The lowest BCUT2D eigenvalue weighted by Crippen LogP contribution is -2.52. The molecule has 5 N–H and O–H groups in total. The van der Waals surface area contributed by atoms with Crippen LogP contribution in [0.25, 0.3) is 32.8 Å². The van der Waals surface area contributed by atoms with Crippen molar-refractivity contribution in [3.8, 4) is 16.9 Å². The Bertz CT molecular complexity index is 3200. The van der Waals surface area contributed by atoms with Crippen LogP contribution in [-0.2, 0) is 33.8 Å². The number of nitrogens with one attached hydrogen (secondary N) is 4. The van der Waals surface area contributed by atoms with Gasteiger partial charge in [0.05, 0.1) is 5.02 Å². The van der Waals surface area contributed by atoms with E-state index in [4.69, 9.17) is 37.9 Å². The number of aromatic hydroxyl groups is 1. The van der Waals surface area contributed by atoms with Gasteiger partial charge in [0.15, 0.2) is 5.82 Å². The fraction of sp³-hybridized carbons (Fsp3) is 0.375. The average Bonchev–Trinajstić information content (AvgIpc) is 3.69. The van der Waals surface area contributed by atoms with E-state index in [1.165, 1.54) is 11.0 Å². The predicted molar refractivity (Wildman–Crippen MR) is 289 cm³/mol. The number of phenolic OH excluding ortho intramolecular Hbond substituents is 1. The lowest BCUT2D eigenvalue weighted by Gasteiger charge is -2.36. The fourth-order valence-electron chi connectivity index (χ4n) is 10.00. The number of hydrogen-bond acceptors (Lipinski definition) is 11. The summed E-state index contributed by atoms with van der Waals surface area (Å²) in [6.45, 7) is 8.13. The summed E-state index contributed by atoms with van der Waals surface area (Å²) in [5.74, 6) is -0.928. The summed E-state index contributed by atoms with van der Waals surface area (Å²) < 4.78 is 22.7. The molecule has 6 aromatic rings. The number of urea groups is 1. The van der Waals surface area contributed by atoms with Crippen LogP contribution in [0.4, 0.5) is 31.4 Å². The number of piperazine rings is 1. The molecule has 0 radical (unpaired) electrons. The second-order valence-electron chi connectivity index (χ2n) is 20.3. The molecule has 4 heterocycles. The molecule has 1 unspecified atom stereocenters. The van der Waals surface area contributed by atoms with E-state index in [-0.39, 0.29) is 65.5 Å². The lowest BCUT2D eigenvalue weighted by molar-refractivity contribution is -0.136. The summed E-state index contributed by atoms with van der Waals surface area (Å²) >= 11 is 13.4. The van der Waals surface area contributed by atoms with Gasteiger partial charge in [0, 0.05) is 79.5 Å². The Kier molecular flexibility index (Phi) is 15.9. The quantitative estimate of drug-likeness (QED) is 0.0457. The molecule has 3 aliphatic heterocycles. The van der Waals surface area contributed by atoms with Crippen LogP contribution in [0.5, 0.6) is 5.75 Å². The first-order chi connectivity index (χ1) is 36.0. The van der Waals surface area contributed by atoms with Crippen LogP contribution < -0.4 is 26.2 Å². The number of imide groups is 1. The molecule has 19 heteroatoms. The van der Waals surface area contributed by atoms with Gasteiger partial charge in [0.2, 0.25) is 17.8 Å². The SMILES string of the molecule is CC(C)(C)OC(=O)N1CCN(c2nc(NCCCCCCCCc3cc(Cl)cc(NC(=O)NCc4ccc5c(c4)CN(C4CCC(=O)NC4=O)C5=O)c3)nc3c(F)c(-c4cc(O)cc5ccccc45)c(Cl)cc23)CC1. The van der Waals surface area contributed by atoms with Gasteiger partial charge in [0.25, 0.3) is 5.91 Å². The molecule has 16 nitrogen and oxygen atoms in total. The summed E-state index contributed by atoms with van der Waals surface area (Å²) in [6.07, 6.45) is 6.59. The number of amides is 6. The molecule has 1 atom stereocenters. The summed E-state index contributed by atoms with van der Waals surface area (Å²) in [6, 6.07) is 22.0. The van der Waals surface area contributed by atoms with Gasteiger partial charge in [-0.25, -0.2) is 19.0 Å². The molecule has 392 valence electrons. The van der Waals surface area contributed by atoms with Crippen molar-refractivity contribution >= 4 is 92.2 Å². The minimum absolute atomic E-state index is 0.0170. The molecule has 9 rings (SSSR count). The minimum Gasteiger partial charge on any atom is -0.508 e. The normalized spacial score (nSPS) is 15.8. The smallest absolute Gasteiger partial charge is 0.410 e. The van der Waals surface area contributed by atoms with E-state index in [1.54, 1.807) is 35.2 Å². The summed E-state index contributed by atoms with van der Waals surface area (Å²) in [4.78, 5) is 77.8. The van der Waals surface area contributed by atoms with Gasteiger partial charge in [0.1, 0.15) is 28.7 Å². The second kappa shape index (κ2) is 22.7. The van der Waals surface area contributed by atoms with Gasteiger partial charge < -0.3 is 40.5 Å². The van der Waals surface area contributed by atoms with Crippen LogP contribution >= 0.6 is 23.2 Å². The van der Waals surface area contributed by atoms with Gasteiger partial charge in [-0.15, -0.1) is 0 Å². The van der Waals surface area contributed by atoms with E-state index in [0.29, 0.717) is 65.8 Å². The van der Waals surface area contributed by atoms with Crippen LogP contribution in [-0.4, -0.2) is 99.1 Å². The zero-order valence-electron chi connectivity index (χ0n) is 42.2. The number of ether oxygens (including phenoxy) is 1. The van der Waals surface area contributed by atoms with Gasteiger partial charge in [-0.1, -0.05) is 85.3 Å². The molecule has 0 bridgehead atoms. The van der Waals surface area contributed by atoms with Crippen LogP contribution in [0.15, 0.2) is 78.9 Å². The molecule has 75 heavy (non-hydrogen) atoms. The first-order valence-corrected chi connectivity index (χ1v) is 26.2. The number of rotatable bonds is 16. The Morgan fingerprint density at radius 2 is 1.61 bits per heavy atom. The van der Waals surface area contributed by atoms with Gasteiger partial charge in [-0.2, -0.15) is 4.98 Å². The second-order valence-corrected chi connectivity index (χ2v) is 21.2. The van der Waals surface area contributed by atoms with Gasteiger partial charge >= 0.3 is 12.1 Å². The number of nitrogens with zero attached hydrogens (tertiary/aromatic N) is 5. The van der Waals surface area contributed by atoms with E-state index < -0.39 is 35.5 Å². The van der Waals surface area contributed by atoms with E-state index in [2.05, 4.69) is 21.3 Å². The number of carbonyl (C=O) groups excluding carboxylic acids is 5. The number of fused-ring (bicyclic) bond motifs is 3. The average molecular weight is 1060 g/mol. The Morgan fingerprint density at radius 3 is 2.39 bits per heavy atom. The molecule has 0 spiro atoms. The number of hydrogen-bond donors (Lipinski definition) is 5. The first-order valence-electron chi connectivity index (χ1n) is 25.5. The van der Waals surface area contributed by atoms with Crippen molar-refractivity contribution < 1.29 is 38.2 Å². The maximum Gasteiger partial charge on any atom is 0.410 e. The molecule has 6 amide bonds. The van der Waals surface area contributed by atoms with Crippen molar-refractivity contribution in [2.75, 3.05) is 48.3 Å². The summed E-state index contributed by atoms with van der Waals surface area (Å²) in [7, 11) is 0. The van der Waals surface area contributed by atoms with E-state index in [0.717, 1.165) is 72.4 Å². The Hall–Kier alpha value is -7.24. The number of aromatic nitrogens is 2. The van der Waals surface area contributed by atoms with Crippen molar-refractivity contribution in [1.82, 2.24) is 30.4 Å². The summed E-state index contributed by atoms with van der Waals surface area (Å²) in [5, 5.41) is 24.6. The van der Waals surface area contributed by atoms with Crippen molar-refractivity contribution in [3.05, 3.63) is 117 Å². The molecule has 2 saturated heterocycles. The number of anilines is 3. The fourth-order valence-corrected chi connectivity index (χ4v) is 10.6. The Morgan fingerprint density at radius 1 is 0.853 bits per heavy atom. The molecular weight excluding hydrogens is 1000 g/mol. The standard InChI is InChI=1S/C56H60Cl2FN9O7/c1-56(2,3)75-55(74)67-22-20-66(21-23-67)50-43-30-44(58)47(42-29-39(69)27-35-13-9-10-14-40(35)42)48(59)49(43)64-53(65-50)60-19-11-7-5-4-6-8-12-33-25-37(57)28-38(26-33)62-54(73)61-31-34-15-16-41-36(24-34)32-68(52(41)72)45-17-18-46(70)63-51(45)71/h9-10,13-16,24-30,45,69H,4-8,11-12,17-23,31-32H2,1-3H3,(H,60,64,65)(H2,61,62,73)(H,63,70,71). The largest absolute Gasteiger partial charge is 0.508 e. The third-order valence-electron chi connectivity index (χ3n) is 13.6. The summed E-state index contributed by atoms with van der Waals surface area (Å²) in [5.41, 5.74) is 3.67. The number of benzene rings is 5. The van der Waals surface area contributed by atoms with Crippen molar-refractivity contribution in [2.45, 2.75) is 103 Å². The highest BCUT2D eigenvalue weighted by Crippen LogP contribution is 2.42. The molecule has 2 fully saturated rings. The zero-order valence-corrected chi connectivity index (χ0v) is 43.7. The molecule has 1 aromatic heterocycles. The number of piperidine rings is 1. The van der Waals surface area contributed by atoms with Crippen molar-refractivity contribution in [2.24, 2.45) is 0 Å². The molecule has 0 aliphatic carbocycles. The number of aryl methyl sites for hydroxylation is 1. The van der Waals surface area contributed by atoms with Crippen molar-refractivity contribution in [3.63, 3.8) is 0 Å². The highest BCUT2D eigenvalue weighted by molar-refractivity contribution is 6.35. The van der Waals surface area contributed by atoms with Crippen LogP contribution in [0.1, 0.15) is 99.2 Å². The number of halogens is 3. The van der Waals surface area contributed by atoms with Crippen LogP contribution in [0.3, 0.4) is 0 Å². The molecule has 0 saturated carbocycles. The minimum atomic E-state index is -0.697. The van der Waals surface area contributed by atoms with E-state index in [1.807, 2.05) is 68.1 Å². The molecule has 5 aromatic carbocycles. The number of unbranched alkanes of at least 4 members (excludes halogenated alkanes) is 5. The highest BCUT2D eigenvalue weighted by Gasteiger charge is 2.39. The first kappa shape index (κ1) is 52.6. The topological polar surface area (TPSA) is 198 Å². The zero-order chi connectivity index (χ0) is 53.0. The van der Waals surface area contributed by atoms with Crippen LogP contribution in [0, 0.1) is 5.82 Å². The monoisotopic (exact) mass is 1060 g/mol. The van der Waals surface area contributed by atoms with Gasteiger partial charge in [-0.05, 0) is 122 Å². The highest BCUT2D eigenvalue weighted by atomic mass is 35.5. The molecule has 3 aliphatic rings. The number of phenols is 1. The predicted octanol–water partition coefficient (Wildman–Crippen LogP) is 10.7. The number of carbonyl (C=O) groups is 5. The van der Waals surface area contributed by atoms with Crippen molar-refractivity contribution in [1.29, 1.82) is 0 Å². The maximum atomic E-state index is 17.1. The molecular formula is C56H60Cl2FN9O7. The lowest BCUT2D eigenvalue weighted by atomic mass is 9.96. The maximum absolute atomic E-state index is 17.1. The third kappa shape index (κ3) is 12.5. The van der Waals surface area contributed by atoms with Gasteiger partial charge in [-0.3, -0.25) is 19.7 Å². The Balaban J connectivity index is 0.762. The Labute approximate surface area is 444 Å². The van der Waals surface area contributed by atoms with E-state index >= 15 is 4.39 Å².